The van der Waals surface area contributed by atoms with E-state index in [0.717, 1.165) is 4.31 Å². The quantitative estimate of drug-likeness (QED) is 0.622. The molecule has 7 heteroatoms. The van der Waals surface area contributed by atoms with Crippen LogP contribution >= 0.6 is 0 Å². The summed E-state index contributed by atoms with van der Waals surface area (Å²) in [5, 5.41) is 8.84. The van der Waals surface area contributed by atoms with Crippen molar-refractivity contribution in [1.29, 1.82) is 0 Å². The highest BCUT2D eigenvalue weighted by Crippen LogP contribution is 2.08. The van der Waals surface area contributed by atoms with Gasteiger partial charge < -0.3 is 9.84 Å². The van der Waals surface area contributed by atoms with Crippen LogP contribution in [0.5, 0.6) is 0 Å². The van der Waals surface area contributed by atoms with Crippen molar-refractivity contribution in [2.45, 2.75) is 26.3 Å². The van der Waals surface area contributed by atoms with Gasteiger partial charge in [-0.3, -0.25) is 4.79 Å². The van der Waals surface area contributed by atoms with Crippen LogP contribution in [0.25, 0.3) is 0 Å². The third kappa shape index (κ3) is 4.46. The molecular formula is C9H19NO5S. The van der Waals surface area contributed by atoms with Crippen molar-refractivity contribution in [2.75, 3.05) is 26.0 Å². The molecule has 0 saturated carbocycles. The summed E-state index contributed by atoms with van der Waals surface area (Å²) in [6.07, 6.45) is 0.236. The minimum absolute atomic E-state index is 0.0826. The first kappa shape index (κ1) is 15.3. The van der Waals surface area contributed by atoms with E-state index in [-0.39, 0.29) is 18.8 Å². The summed E-state index contributed by atoms with van der Waals surface area (Å²) < 4.78 is 29.2. The molecule has 0 aromatic carbocycles. The SMILES string of the molecule is CCOCCS(=O)(=O)N(C)C(CC)C(=O)O. The monoisotopic (exact) mass is 253 g/mol. The summed E-state index contributed by atoms with van der Waals surface area (Å²) in [6, 6.07) is -1.01. The number of ether oxygens (including phenoxy) is 1. The molecule has 0 aromatic heterocycles. The van der Waals surface area contributed by atoms with Crippen LogP contribution in [0.15, 0.2) is 0 Å². The summed E-state index contributed by atoms with van der Waals surface area (Å²) in [6.45, 7) is 3.92. The van der Waals surface area contributed by atoms with E-state index in [4.69, 9.17) is 9.84 Å². The van der Waals surface area contributed by atoms with Crippen molar-refractivity contribution < 1.29 is 23.1 Å². The lowest BCUT2D eigenvalue weighted by Gasteiger charge is -2.22. The Bertz CT molecular complexity index is 314. The minimum atomic E-state index is -3.56. The predicted octanol–water partition coefficient (Wildman–Crippen LogP) is 0.148. The molecule has 0 spiro atoms. The number of sulfonamides is 1. The van der Waals surface area contributed by atoms with E-state index in [2.05, 4.69) is 0 Å². The minimum Gasteiger partial charge on any atom is -0.480 e. The molecule has 0 fully saturated rings. The average Bonchev–Trinajstić information content (AvgIpc) is 2.18. The van der Waals surface area contributed by atoms with Crippen LogP contribution in [0.1, 0.15) is 20.3 Å². The number of aliphatic carboxylic acids is 1. The average molecular weight is 253 g/mol. The van der Waals surface area contributed by atoms with E-state index in [0.29, 0.717) is 6.61 Å². The van der Waals surface area contributed by atoms with Gasteiger partial charge >= 0.3 is 5.97 Å². The third-order valence-electron chi connectivity index (χ3n) is 2.24. The Morgan fingerprint density at radius 3 is 2.38 bits per heavy atom. The molecule has 0 aliphatic heterocycles. The second-order valence-electron chi connectivity index (χ2n) is 3.29. The van der Waals surface area contributed by atoms with Gasteiger partial charge in [0.2, 0.25) is 10.0 Å². The van der Waals surface area contributed by atoms with Crippen molar-refractivity contribution >= 4 is 16.0 Å². The smallest absolute Gasteiger partial charge is 0.321 e. The van der Waals surface area contributed by atoms with Gasteiger partial charge in [-0.15, -0.1) is 0 Å². The molecule has 0 bridgehead atoms. The van der Waals surface area contributed by atoms with Gasteiger partial charge in [0.1, 0.15) is 6.04 Å². The van der Waals surface area contributed by atoms with Gasteiger partial charge in [0.25, 0.3) is 0 Å². The first-order valence-electron chi connectivity index (χ1n) is 5.13. The number of nitrogens with zero attached hydrogens (tertiary/aromatic N) is 1. The maximum atomic E-state index is 11.7. The standard InChI is InChI=1S/C9H19NO5S/c1-4-8(9(11)12)10(3)16(13,14)7-6-15-5-2/h8H,4-7H2,1-3H3,(H,11,12). The predicted molar refractivity (Wildman–Crippen MR) is 59.8 cm³/mol. The second kappa shape index (κ2) is 6.82. The van der Waals surface area contributed by atoms with Crippen LogP contribution in [-0.4, -0.2) is 55.9 Å². The number of carbonyl (C=O) groups is 1. The molecule has 0 saturated heterocycles. The molecule has 0 radical (unpaired) electrons. The Balaban J connectivity index is 4.55. The van der Waals surface area contributed by atoms with Crippen LogP contribution < -0.4 is 0 Å². The fraction of sp³-hybridized carbons (Fsp3) is 0.889. The Hall–Kier alpha value is -0.660. The molecule has 1 unspecified atom stereocenters. The number of carboxylic acid groups (broad SMARTS) is 1. The summed E-state index contributed by atoms with van der Waals surface area (Å²) in [7, 11) is -2.28. The fourth-order valence-corrected chi connectivity index (χ4v) is 2.48. The lowest BCUT2D eigenvalue weighted by Crippen LogP contribution is -2.43. The topological polar surface area (TPSA) is 83.9 Å². The molecule has 0 aliphatic carbocycles. The first-order valence-corrected chi connectivity index (χ1v) is 6.74. The molecule has 1 atom stereocenters. The molecule has 0 aromatic rings. The zero-order valence-corrected chi connectivity index (χ0v) is 10.7. The summed E-state index contributed by atoms with van der Waals surface area (Å²) in [5.41, 5.74) is 0. The van der Waals surface area contributed by atoms with E-state index >= 15 is 0 Å². The Morgan fingerprint density at radius 1 is 1.44 bits per heavy atom. The third-order valence-corrected chi connectivity index (χ3v) is 4.05. The highest BCUT2D eigenvalue weighted by atomic mass is 32.2. The number of carboxylic acids is 1. The zero-order valence-electron chi connectivity index (χ0n) is 9.84. The van der Waals surface area contributed by atoms with Gasteiger partial charge in [-0.05, 0) is 13.3 Å². The molecule has 0 rings (SSSR count). The van der Waals surface area contributed by atoms with Gasteiger partial charge in [0, 0.05) is 13.7 Å². The van der Waals surface area contributed by atoms with Crippen LogP contribution in [0.3, 0.4) is 0 Å². The van der Waals surface area contributed by atoms with Crippen molar-refractivity contribution in [3.63, 3.8) is 0 Å². The van der Waals surface area contributed by atoms with E-state index in [1.807, 2.05) is 0 Å². The summed E-state index contributed by atoms with van der Waals surface area (Å²) in [4.78, 5) is 10.8. The second-order valence-corrected chi connectivity index (χ2v) is 5.44. The largest absolute Gasteiger partial charge is 0.480 e. The normalized spacial score (nSPS) is 14.0. The van der Waals surface area contributed by atoms with E-state index in [1.54, 1.807) is 13.8 Å². The van der Waals surface area contributed by atoms with E-state index in [1.165, 1.54) is 7.05 Å². The van der Waals surface area contributed by atoms with E-state index in [9.17, 15) is 13.2 Å². The number of rotatable bonds is 8. The molecule has 0 aliphatic rings. The highest BCUT2D eigenvalue weighted by Gasteiger charge is 2.29. The van der Waals surface area contributed by atoms with Gasteiger partial charge in [-0.2, -0.15) is 4.31 Å². The van der Waals surface area contributed by atoms with Gasteiger partial charge in [-0.25, -0.2) is 8.42 Å². The van der Waals surface area contributed by atoms with Crippen molar-refractivity contribution in [2.24, 2.45) is 0 Å². The lowest BCUT2D eigenvalue weighted by atomic mass is 10.2. The molecule has 16 heavy (non-hydrogen) atoms. The fourth-order valence-electron chi connectivity index (χ4n) is 1.23. The Labute approximate surface area is 96.2 Å². The van der Waals surface area contributed by atoms with Gasteiger partial charge in [0.15, 0.2) is 0 Å². The van der Waals surface area contributed by atoms with Crippen molar-refractivity contribution in [1.82, 2.24) is 4.31 Å². The number of likely N-dealkylation sites (N-methyl/N-ethyl adjacent to an activating group) is 1. The molecule has 6 nitrogen and oxygen atoms in total. The maximum absolute atomic E-state index is 11.7. The zero-order chi connectivity index (χ0) is 12.8. The maximum Gasteiger partial charge on any atom is 0.321 e. The van der Waals surface area contributed by atoms with E-state index < -0.39 is 22.0 Å². The van der Waals surface area contributed by atoms with Crippen molar-refractivity contribution in [3.8, 4) is 0 Å². The van der Waals surface area contributed by atoms with Crippen LogP contribution in [0, 0.1) is 0 Å². The highest BCUT2D eigenvalue weighted by molar-refractivity contribution is 7.89. The molecule has 0 heterocycles. The summed E-state index contributed by atoms with van der Waals surface area (Å²) >= 11 is 0. The number of hydrogen-bond acceptors (Lipinski definition) is 4. The Morgan fingerprint density at radius 2 is 2.00 bits per heavy atom. The first-order chi connectivity index (χ1) is 7.36. The molecule has 1 N–H and O–H groups in total. The van der Waals surface area contributed by atoms with Crippen LogP contribution in [-0.2, 0) is 19.6 Å². The lowest BCUT2D eigenvalue weighted by molar-refractivity contribution is -0.141. The summed E-state index contributed by atoms with van der Waals surface area (Å²) in [5.74, 6) is -1.33. The van der Waals surface area contributed by atoms with Gasteiger partial charge in [0.05, 0.1) is 12.4 Å². The van der Waals surface area contributed by atoms with Crippen molar-refractivity contribution in [3.05, 3.63) is 0 Å². The van der Waals surface area contributed by atoms with Crippen LogP contribution in [0.2, 0.25) is 0 Å². The van der Waals surface area contributed by atoms with Gasteiger partial charge in [-0.1, -0.05) is 6.92 Å². The van der Waals surface area contributed by atoms with Crippen LogP contribution in [0.4, 0.5) is 0 Å². The molecule has 0 amide bonds. The molecule has 96 valence electrons. The Kier molecular flexibility index (Phi) is 6.54. The molecular weight excluding hydrogens is 234 g/mol. The number of hydrogen-bond donors (Lipinski definition) is 1.